The third-order valence-corrected chi connectivity index (χ3v) is 5.03. The smallest absolute Gasteiger partial charge is 0.228 e. The lowest BCUT2D eigenvalue weighted by molar-refractivity contribution is -0.118. The van der Waals surface area contributed by atoms with Crippen LogP contribution >= 0.6 is 11.8 Å². The van der Waals surface area contributed by atoms with Gasteiger partial charge >= 0.3 is 0 Å². The van der Waals surface area contributed by atoms with Crippen molar-refractivity contribution in [2.45, 2.75) is 16.7 Å². The minimum absolute atomic E-state index is 0.125. The third kappa shape index (κ3) is 2.47. The summed E-state index contributed by atoms with van der Waals surface area (Å²) in [5.74, 6) is 0.402. The Morgan fingerprint density at radius 1 is 1.41 bits per heavy atom. The number of fused-ring (bicyclic) bond motifs is 1. The van der Waals surface area contributed by atoms with Crippen LogP contribution in [0.3, 0.4) is 0 Å². The Labute approximate surface area is 105 Å². The summed E-state index contributed by atoms with van der Waals surface area (Å²) in [5, 5.41) is 2.71. The summed E-state index contributed by atoms with van der Waals surface area (Å²) in [6.45, 7) is 1.83. The van der Waals surface area contributed by atoms with E-state index in [2.05, 4.69) is 5.32 Å². The first-order valence-electron chi connectivity index (χ1n) is 5.16. The van der Waals surface area contributed by atoms with E-state index >= 15 is 0 Å². The second-order valence-electron chi connectivity index (χ2n) is 4.10. The molecule has 2 rings (SSSR count). The molecule has 0 saturated heterocycles. The van der Waals surface area contributed by atoms with E-state index in [-0.39, 0.29) is 16.7 Å². The van der Waals surface area contributed by atoms with E-state index < -0.39 is 9.84 Å². The number of carbonyl (C=O) groups excluding carboxylic acids is 1. The molecule has 1 aliphatic heterocycles. The molecule has 1 heterocycles. The zero-order valence-corrected chi connectivity index (χ0v) is 11.2. The number of nitrogens with one attached hydrogen (secondary N) is 1. The predicted molar refractivity (Wildman–Crippen MR) is 68.1 cm³/mol. The fraction of sp³-hybridized carbons (Fsp3) is 0.364. The van der Waals surface area contributed by atoms with E-state index in [9.17, 15) is 13.2 Å². The van der Waals surface area contributed by atoms with Gasteiger partial charge in [-0.05, 0) is 12.1 Å². The number of benzene rings is 1. The van der Waals surface area contributed by atoms with Gasteiger partial charge in [0.25, 0.3) is 0 Å². The van der Waals surface area contributed by atoms with Crippen molar-refractivity contribution in [1.29, 1.82) is 0 Å². The molecule has 0 fully saturated rings. The molecule has 0 bridgehead atoms. The normalized spacial score (nSPS) is 20.4. The zero-order valence-electron chi connectivity index (χ0n) is 9.56. The van der Waals surface area contributed by atoms with Gasteiger partial charge in [-0.1, -0.05) is 13.0 Å². The van der Waals surface area contributed by atoms with Gasteiger partial charge in [0.15, 0.2) is 9.84 Å². The highest BCUT2D eigenvalue weighted by atomic mass is 32.2. The number of rotatable bonds is 1. The van der Waals surface area contributed by atoms with Crippen LogP contribution in [0.5, 0.6) is 0 Å². The number of thioether (sulfide) groups is 1. The molecule has 1 aromatic rings. The maximum absolute atomic E-state index is 11.7. The van der Waals surface area contributed by atoms with Crippen molar-refractivity contribution in [1.82, 2.24) is 0 Å². The van der Waals surface area contributed by atoms with Gasteiger partial charge in [-0.3, -0.25) is 4.79 Å². The second-order valence-corrected chi connectivity index (χ2v) is 7.15. The standard InChI is InChI=1S/C11H13NO3S2/c1-7-6-16-8-4-3-5-9(17(2,14)15)10(8)12-11(7)13/h3-5,7H,6H2,1-2H3,(H,12,13). The zero-order chi connectivity index (χ0) is 12.6. The number of amides is 1. The molecule has 0 saturated carbocycles. The Bertz CT molecular complexity index is 566. The molecular weight excluding hydrogens is 258 g/mol. The predicted octanol–water partition coefficient (Wildman–Crippen LogP) is 1.77. The van der Waals surface area contributed by atoms with Gasteiger partial charge < -0.3 is 5.32 Å². The molecule has 92 valence electrons. The largest absolute Gasteiger partial charge is 0.324 e. The Balaban J connectivity index is 2.59. The maximum atomic E-state index is 11.7. The Kier molecular flexibility index (Phi) is 3.18. The van der Waals surface area contributed by atoms with Crippen molar-refractivity contribution in [3.05, 3.63) is 18.2 Å². The first-order chi connectivity index (χ1) is 7.89. The lowest BCUT2D eigenvalue weighted by Gasteiger charge is -2.11. The van der Waals surface area contributed by atoms with Crippen LogP contribution in [0.4, 0.5) is 5.69 Å². The topological polar surface area (TPSA) is 63.2 Å². The molecule has 1 unspecified atom stereocenters. The molecule has 17 heavy (non-hydrogen) atoms. The minimum atomic E-state index is -3.33. The van der Waals surface area contributed by atoms with E-state index in [1.54, 1.807) is 6.07 Å². The summed E-state index contributed by atoms with van der Waals surface area (Å²) in [4.78, 5) is 12.7. The summed E-state index contributed by atoms with van der Waals surface area (Å²) < 4.78 is 23.3. The number of hydrogen-bond acceptors (Lipinski definition) is 4. The van der Waals surface area contributed by atoms with E-state index in [1.165, 1.54) is 17.8 Å². The van der Waals surface area contributed by atoms with Crippen molar-refractivity contribution in [2.24, 2.45) is 5.92 Å². The van der Waals surface area contributed by atoms with Crippen LogP contribution in [0.2, 0.25) is 0 Å². The Hall–Kier alpha value is -1.01. The molecule has 0 radical (unpaired) electrons. The van der Waals surface area contributed by atoms with Gasteiger partial charge in [0.1, 0.15) is 0 Å². The quantitative estimate of drug-likeness (QED) is 0.845. The van der Waals surface area contributed by atoms with Gasteiger partial charge in [-0.25, -0.2) is 8.42 Å². The number of anilines is 1. The molecule has 1 N–H and O–H groups in total. The number of hydrogen-bond donors (Lipinski definition) is 1. The third-order valence-electron chi connectivity index (χ3n) is 2.57. The molecule has 4 nitrogen and oxygen atoms in total. The van der Waals surface area contributed by atoms with Crippen LogP contribution in [0.15, 0.2) is 28.0 Å². The minimum Gasteiger partial charge on any atom is -0.324 e. The van der Waals surface area contributed by atoms with E-state index in [0.29, 0.717) is 11.4 Å². The fourth-order valence-corrected chi connectivity index (χ4v) is 3.58. The number of para-hydroxylation sites is 1. The molecular formula is C11H13NO3S2. The summed E-state index contributed by atoms with van der Waals surface area (Å²) in [6.07, 6.45) is 1.15. The molecule has 0 spiro atoms. The SMILES string of the molecule is CC1CSc2cccc(S(C)(=O)=O)c2NC1=O. The Morgan fingerprint density at radius 3 is 2.76 bits per heavy atom. The molecule has 1 atom stereocenters. The number of sulfone groups is 1. The van der Waals surface area contributed by atoms with Crippen molar-refractivity contribution >= 4 is 33.2 Å². The highest BCUT2D eigenvalue weighted by Gasteiger charge is 2.24. The summed E-state index contributed by atoms with van der Waals surface area (Å²) >= 11 is 1.50. The molecule has 1 aromatic carbocycles. The van der Waals surface area contributed by atoms with Crippen LogP contribution in [0.25, 0.3) is 0 Å². The number of carbonyl (C=O) groups is 1. The average Bonchev–Trinajstić information content (AvgIpc) is 2.38. The molecule has 0 aliphatic carbocycles. The average molecular weight is 271 g/mol. The van der Waals surface area contributed by atoms with E-state index in [4.69, 9.17) is 0 Å². The highest BCUT2D eigenvalue weighted by molar-refractivity contribution is 7.99. The van der Waals surface area contributed by atoms with Crippen LogP contribution in [0.1, 0.15) is 6.92 Å². The van der Waals surface area contributed by atoms with Crippen molar-refractivity contribution in [2.75, 3.05) is 17.3 Å². The lowest BCUT2D eigenvalue weighted by Crippen LogP contribution is -2.21. The van der Waals surface area contributed by atoms with Gasteiger partial charge in [0.05, 0.1) is 10.6 Å². The van der Waals surface area contributed by atoms with Crippen molar-refractivity contribution < 1.29 is 13.2 Å². The van der Waals surface area contributed by atoms with E-state index in [1.807, 2.05) is 13.0 Å². The van der Waals surface area contributed by atoms with Gasteiger partial charge in [0.2, 0.25) is 5.91 Å². The van der Waals surface area contributed by atoms with Gasteiger partial charge in [-0.2, -0.15) is 0 Å². The molecule has 1 amide bonds. The Morgan fingerprint density at radius 2 is 2.12 bits per heavy atom. The molecule has 0 aromatic heterocycles. The second kappa shape index (κ2) is 4.34. The molecule has 1 aliphatic rings. The van der Waals surface area contributed by atoms with Gasteiger partial charge in [-0.15, -0.1) is 11.8 Å². The maximum Gasteiger partial charge on any atom is 0.228 e. The van der Waals surface area contributed by atoms with E-state index in [0.717, 1.165) is 11.2 Å². The highest BCUT2D eigenvalue weighted by Crippen LogP contribution is 2.36. The monoisotopic (exact) mass is 271 g/mol. The summed E-state index contributed by atoms with van der Waals surface area (Å²) in [6, 6.07) is 5.04. The van der Waals surface area contributed by atoms with Crippen LogP contribution in [-0.2, 0) is 14.6 Å². The van der Waals surface area contributed by atoms with Crippen molar-refractivity contribution in [3.8, 4) is 0 Å². The fourth-order valence-electron chi connectivity index (χ4n) is 1.60. The van der Waals surface area contributed by atoms with Crippen LogP contribution in [-0.4, -0.2) is 26.3 Å². The van der Waals surface area contributed by atoms with Crippen molar-refractivity contribution in [3.63, 3.8) is 0 Å². The summed E-state index contributed by atoms with van der Waals surface area (Å²) in [7, 11) is -3.33. The van der Waals surface area contributed by atoms with Crippen LogP contribution < -0.4 is 5.32 Å². The molecule has 6 heteroatoms. The first kappa shape index (κ1) is 12.4. The van der Waals surface area contributed by atoms with Crippen LogP contribution in [0, 0.1) is 5.92 Å². The van der Waals surface area contributed by atoms with Gasteiger partial charge in [0, 0.05) is 22.8 Å². The summed E-state index contributed by atoms with van der Waals surface area (Å²) in [5.41, 5.74) is 0.425. The first-order valence-corrected chi connectivity index (χ1v) is 8.04. The lowest BCUT2D eigenvalue weighted by atomic mass is 10.2.